The zero-order valence-electron chi connectivity index (χ0n) is 14.7. The third-order valence-corrected chi connectivity index (χ3v) is 3.51. The quantitative estimate of drug-likeness (QED) is 0.884. The molecular formula is C18H25FN4O. The van der Waals surface area contributed by atoms with Gasteiger partial charge in [-0.2, -0.15) is 0 Å². The number of rotatable bonds is 5. The number of carbonyl (C=O) groups excluding carboxylic acids is 1. The summed E-state index contributed by atoms with van der Waals surface area (Å²) in [7, 11) is 0. The van der Waals surface area contributed by atoms with E-state index in [0.29, 0.717) is 19.5 Å². The highest BCUT2D eigenvalue weighted by atomic mass is 19.1. The molecule has 0 aliphatic carbocycles. The fraction of sp³-hybridized carbons (Fsp3) is 0.444. The van der Waals surface area contributed by atoms with Gasteiger partial charge in [0, 0.05) is 36.9 Å². The van der Waals surface area contributed by atoms with Crippen LogP contribution in [-0.4, -0.2) is 27.7 Å². The second-order valence-electron chi connectivity index (χ2n) is 6.91. The molecular weight excluding hydrogens is 307 g/mol. The second kappa shape index (κ2) is 7.47. The number of urea groups is 1. The molecule has 6 heteroatoms. The second-order valence-corrected chi connectivity index (χ2v) is 6.91. The van der Waals surface area contributed by atoms with Gasteiger partial charge in [-0.3, -0.25) is 0 Å². The van der Waals surface area contributed by atoms with E-state index in [1.807, 2.05) is 33.9 Å². The number of nitrogens with one attached hydrogen (secondary N) is 2. The Hall–Kier alpha value is -2.37. The van der Waals surface area contributed by atoms with Gasteiger partial charge in [-0.1, -0.05) is 12.1 Å². The predicted molar refractivity (Wildman–Crippen MR) is 92.5 cm³/mol. The Bertz CT molecular complexity index is 686. The molecule has 0 fully saturated rings. The minimum absolute atomic E-state index is 0.184. The zero-order valence-corrected chi connectivity index (χ0v) is 14.7. The van der Waals surface area contributed by atoms with Gasteiger partial charge in [0.25, 0.3) is 0 Å². The van der Waals surface area contributed by atoms with Crippen molar-refractivity contribution in [2.45, 2.75) is 46.2 Å². The Labute approximate surface area is 142 Å². The predicted octanol–water partition coefficient (Wildman–Crippen LogP) is 3.02. The Morgan fingerprint density at radius 3 is 2.54 bits per heavy atom. The first-order valence-corrected chi connectivity index (χ1v) is 8.06. The number of amides is 2. The standard InChI is InChI=1S/C18H25FN4O/c1-13-11-21-16(9-10-20-17(24)22-18(2,3)4)23(13)12-14-5-7-15(19)8-6-14/h5-8,11H,9-10,12H2,1-4H3,(H2,20,22,24). The summed E-state index contributed by atoms with van der Waals surface area (Å²) in [4.78, 5) is 16.2. The van der Waals surface area contributed by atoms with Crippen molar-refractivity contribution in [2.24, 2.45) is 0 Å². The van der Waals surface area contributed by atoms with Gasteiger partial charge in [-0.05, 0) is 45.4 Å². The van der Waals surface area contributed by atoms with Crippen molar-refractivity contribution < 1.29 is 9.18 Å². The van der Waals surface area contributed by atoms with E-state index in [4.69, 9.17) is 0 Å². The van der Waals surface area contributed by atoms with Crippen molar-refractivity contribution in [3.8, 4) is 0 Å². The van der Waals surface area contributed by atoms with Crippen molar-refractivity contribution in [3.63, 3.8) is 0 Å². The van der Waals surface area contributed by atoms with Crippen LogP contribution in [0.4, 0.5) is 9.18 Å². The lowest BCUT2D eigenvalue weighted by atomic mass is 10.1. The molecule has 0 saturated heterocycles. The normalized spacial score (nSPS) is 11.4. The molecule has 2 amide bonds. The molecule has 0 radical (unpaired) electrons. The molecule has 5 nitrogen and oxygen atoms in total. The number of halogens is 1. The van der Waals surface area contributed by atoms with E-state index in [9.17, 15) is 9.18 Å². The maximum absolute atomic E-state index is 13.0. The number of aromatic nitrogens is 2. The maximum atomic E-state index is 13.0. The maximum Gasteiger partial charge on any atom is 0.315 e. The van der Waals surface area contributed by atoms with Crippen LogP contribution >= 0.6 is 0 Å². The minimum Gasteiger partial charge on any atom is -0.338 e. The van der Waals surface area contributed by atoms with E-state index in [0.717, 1.165) is 17.1 Å². The van der Waals surface area contributed by atoms with Crippen molar-refractivity contribution in [1.29, 1.82) is 0 Å². The van der Waals surface area contributed by atoms with Gasteiger partial charge in [-0.25, -0.2) is 14.2 Å². The average molecular weight is 332 g/mol. The molecule has 24 heavy (non-hydrogen) atoms. The first-order valence-electron chi connectivity index (χ1n) is 8.06. The lowest BCUT2D eigenvalue weighted by Crippen LogP contribution is -2.46. The van der Waals surface area contributed by atoms with Gasteiger partial charge >= 0.3 is 6.03 Å². The molecule has 2 aromatic rings. The Balaban J connectivity index is 1.94. The monoisotopic (exact) mass is 332 g/mol. The molecule has 2 N–H and O–H groups in total. The molecule has 1 aromatic heterocycles. The van der Waals surface area contributed by atoms with Crippen LogP contribution in [0.25, 0.3) is 0 Å². The summed E-state index contributed by atoms with van der Waals surface area (Å²) in [6, 6.07) is 6.27. The number of carbonyl (C=O) groups is 1. The molecule has 0 aliphatic rings. The molecule has 0 aliphatic heterocycles. The minimum atomic E-state index is -0.262. The Kier molecular flexibility index (Phi) is 5.59. The van der Waals surface area contributed by atoms with Gasteiger partial charge in [0.1, 0.15) is 11.6 Å². The van der Waals surface area contributed by atoms with Crippen LogP contribution in [0, 0.1) is 12.7 Å². The summed E-state index contributed by atoms with van der Waals surface area (Å²) >= 11 is 0. The van der Waals surface area contributed by atoms with E-state index < -0.39 is 0 Å². The van der Waals surface area contributed by atoms with Crippen LogP contribution in [0.1, 0.15) is 37.9 Å². The van der Waals surface area contributed by atoms with E-state index in [1.54, 1.807) is 12.1 Å². The van der Waals surface area contributed by atoms with Gasteiger partial charge in [-0.15, -0.1) is 0 Å². The third-order valence-electron chi connectivity index (χ3n) is 3.51. The van der Waals surface area contributed by atoms with Crippen LogP contribution in [0.15, 0.2) is 30.5 Å². The van der Waals surface area contributed by atoms with Crippen LogP contribution < -0.4 is 10.6 Å². The van der Waals surface area contributed by atoms with Crippen molar-refractivity contribution in [3.05, 3.63) is 53.4 Å². The highest BCUT2D eigenvalue weighted by Gasteiger charge is 2.13. The lowest BCUT2D eigenvalue weighted by molar-refractivity contribution is 0.232. The summed E-state index contributed by atoms with van der Waals surface area (Å²) in [5, 5.41) is 5.70. The molecule has 0 saturated carbocycles. The largest absolute Gasteiger partial charge is 0.338 e. The highest BCUT2D eigenvalue weighted by molar-refractivity contribution is 5.74. The number of aryl methyl sites for hydroxylation is 1. The number of nitrogens with zero attached hydrogens (tertiary/aromatic N) is 2. The fourth-order valence-electron chi connectivity index (χ4n) is 2.37. The topological polar surface area (TPSA) is 59.0 Å². The van der Waals surface area contributed by atoms with Gasteiger partial charge in [0.2, 0.25) is 0 Å². The number of hydrogen-bond acceptors (Lipinski definition) is 2. The molecule has 0 spiro atoms. The van der Waals surface area contributed by atoms with Gasteiger partial charge in [0.05, 0.1) is 0 Å². The van der Waals surface area contributed by atoms with Crippen LogP contribution in [0.5, 0.6) is 0 Å². The Morgan fingerprint density at radius 1 is 1.25 bits per heavy atom. The van der Waals surface area contributed by atoms with E-state index in [1.165, 1.54) is 12.1 Å². The molecule has 1 heterocycles. The molecule has 2 rings (SSSR count). The first kappa shape index (κ1) is 18.0. The lowest BCUT2D eigenvalue weighted by Gasteiger charge is -2.20. The van der Waals surface area contributed by atoms with Gasteiger partial charge < -0.3 is 15.2 Å². The Morgan fingerprint density at radius 2 is 1.92 bits per heavy atom. The van der Waals surface area contributed by atoms with Crippen LogP contribution in [0.2, 0.25) is 0 Å². The summed E-state index contributed by atoms with van der Waals surface area (Å²) in [5.74, 6) is 0.656. The molecule has 0 atom stereocenters. The SMILES string of the molecule is Cc1cnc(CCNC(=O)NC(C)(C)C)n1Cc1ccc(F)cc1. The first-order chi connectivity index (χ1) is 11.2. The number of hydrogen-bond donors (Lipinski definition) is 2. The average Bonchev–Trinajstić information content (AvgIpc) is 2.81. The van der Waals surface area contributed by atoms with Crippen LogP contribution in [-0.2, 0) is 13.0 Å². The summed E-state index contributed by atoms with van der Waals surface area (Å²) < 4.78 is 15.1. The summed E-state index contributed by atoms with van der Waals surface area (Å²) in [6.07, 6.45) is 2.45. The highest BCUT2D eigenvalue weighted by Crippen LogP contribution is 2.11. The summed E-state index contributed by atoms with van der Waals surface area (Å²) in [6.45, 7) is 8.93. The number of benzene rings is 1. The smallest absolute Gasteiger partial charge is 0.315 e. The molecule has 0 bridgehead atoms. The molecule has 130 valence electrons. The van der Waals surface area contributed by atoms with Crippen molar-refractivity contribution in [2.75, 3.05) is 6.54 Å². The zero-order chi connectivity index (χ0) is 17.7. The van der Waals surface area contributed by atoms with E-state index in [-0.39, 0.29) is 17.4 Å². The van der Waals surface area contributed by atoms with E-state index in [2.05, 4.69) is 20.2 Å². The molecule has 1 aromatic carbocycles. The summed E-state index contributed by atoms with van der Waals surface area (Å²) in [5.41, 5.74) is 1.78. The van der Waals surface area contributed by atoms with Crippen molar-refractivity contribution >= 4 is 6.03 Å². The van der Waals surface area contributed by atoms with Crippen LogP contribution in [0.3, 0.4) is 0 Å². The molecule has 0 unspecified atom stereocenters. The fourth-order valence-corrected chi connectivity index (χ4v) is 2.37. The van der Waals surface area contributed by atoms with Crippen molar-refractivity contribution in [1.82, 2.24) is 20.2 Å². The third kappa shape index (κ3) is 5.37. The van der Waals surface area contributed by atoms with E-state index >= 15 is 0 Å². The number of imidazole rings is 1. The van der Waals surface area contributed by atoms with Gasteiger partial charge in [0.15, 0.2) is 0 Å².